The highest BCUT2D eigenvalue weighted by Crippen LogP contribution is 2.30. The normalized spacial score (nSPS) is 13.8. The fourth-order valence-corrected chi connectivity index (χ4v) is 2.43. The van der Waals surface area contributed by atoms with E-state index in [1.165, 1.54) is 0 Å². The summed E-state index contributed by atoms with van der Waals surface area (Å²) >= 11 is 0. The van der Waals surface area contributed by atoms with E-state index in [1.54, 1.807) is 20.8 Å². The molecule has 0 spiro atoms. The van der Waals surface area contributed by atoms with Gasteiger partial charge in [-0.25, -0.2) is 13.6 Å². The summed E-state index contributed by atoms with van der Waals surface area (Å²) in [5.74, 6) is -6.02. The Hall–Kier alpha value is -2.51. The molecule has 0 saturated carbocycles. The second kappa shape index (κ2) is 8.04. The van der Waals surface area contributed by atoms with Crippen LogP contribution in [0.4, 0.5) is 8.78 Å². The largest absolute Gasteiger partial charge is 0.481 e. The minimum atomic E-state index is -1.42. The van der Waals surface area contributed by atoms with Crippen LogP contribution in [0.25, 0.3) is 0 Å². The molecule has 0 aliphatic carbocycles. The van der Waals surface area contributed by atoms with E-state index in [0.717, 1.165) is 12.1 Å². The molecule has 25 heavy (non-hydrogen) atoms. The average molecular weight is 357 g/mol. The summed E-state index contributed by atoms with van der Waals surface area (Å²) < 4.78 is 26.3. The highest BCUT2D eigenvalue weighted by Gasteiger charge is 2.36. The molecule has 3 N–H and O–H groups in total. The molecular weight excluding hydrogens is 336 g/mol. The summed E-state index contributed by atoms with van der Waals surface area (Å²) in [7, 11) is 0. The first-order valence-electron chi connectivity index (χ1n) is 7.60. The van der Waals surface area contributed by atoms with Crippen molar-refractivity contribution in [3.05, 3.63) is 35.4 Å². The number of benzene rings is 1. The van der Waals surface area contributed by atoms with E-state index in [0.29, 0.717) is 6.07 Å². The van der Waals surface area contributed by atoms with Gasteiger partial charge in [-0.05, 0) is 29.5 Å². The maximum Gasteiger partial charge on any atom is 0.326 e. The van der Waals surface area contributed by atoms with Crippen molar-refractivity contribution in [1.82, 2.24) is 5.32 Å². The van der Waals surface area contributed by atoms with Gasteiger partial charge in [0.1, 0.15) is 17.7 Å². The Morgan fingerprint density at radius 1 is 1.04 bits per heavy atom. The summed E-state index contributed by atoms with van der Waals surface area (Å²) in [6.07, 6.45) is -0.733. The molecule has 0 aromatic heterocycles. The van der Waals surface area contributed by atoms with Crippen molar-refractivity contribution in [3.8, 4) is 0 Å². The fourth-order valence-electron chi connectivity index (χ4n) is 2.43. The van der Waals surface area contributed by atoms with Crippen LogP contribution in [-0.4, -0.2) is 34.1 Å². The van der Waals surface area contributed by atoms with Crippen LogP contribution in [-0.2, 0) is 20.8 Å². The number of halogens is 2. The second-order valence-electron chi connectivity index (χ2n) is 6.91. The Morgan fingerprint density at radius 3 is 1.96 bits per heavy atom. The van der Waals surface area contributed by atoms with Gasteiger partial charge in [-0.1, -0.05) is 20.8 Å². The van der Waals surface area contributed by atoms with Crippen LogP contribution in [0.1, 0.15) is 32.8 Å². The molecule has 0 aliphatic heterocycles. The van der Waals surface area contributed by atoms with E-state index < -0.39 is 53.3 Å². The molecule has 2 atom stereocenters. The van der Waals surface area contributed by atoms with E-state index >= 15 is 0 Å². The highest BCUT2D eigenvalue weighted by molar-refractivity contribution is 5.85. The number of hydrogen-bond acceptors (Lipinski definition) is 3. The van der Waals surface area contributed by atoms with Crippen molar-refractivity contribution in [2.75, 3.05) is 0 Å². The molecule has 8 heteroatoms. The minimum absolute atomic E-state index is 0.0461. The molecule has 1 aromatic rings. The number of carbonyl (C=O) groups is 3. The lowest BCUT2D eigenvalue weighted by molar-refractivity contribution is -0.148. The first-order valence-corrected chi connectivity index (χ1v) is 7.60. The number of carboxylic acid groups (broad SMARTS) is 2. The molecular formula is C17H21F2NO5. The van der Waals surface area contributed by atoms with Crippen LogP contribution in [0.15, 0.2) is 18.2 Å². The van der Waals surface area contributed by atoms with Crippen LogP contribution >= 0.6 is 0 Å². The third-order valence-corrected chi connectivity index (χ3v) is 3.74. The van der Waals surface area contributed by atoms with Crippen molar-refractivity contribution in [2.45, 2.75) is 39.7 Å². The van der Waals surface area contributed by atoms with Gasteiger partial charge in [0.15, 0.2) is 0 Å². The van der Waals surface area contributed by atoms with E-state index in [9.17, 15) is 33.4 Å². The third kappa shape index (κ3) is 6.48. The summed E-state index contributed by atoms with van der Waals surface area (Å²) in [5.41, 5.74) is -0.666. The quantitative estimate of drug-likeness (QED) is 0.694. The average Bonchev–Trinajstić information content (AvgIpc) is 2.39. The number of carboxylic acids is 2. The zero-order valence-corrected chi connectivity index (χ0v) is 14.2. The van der Waals surface area contributed by atoms with Gasteiger partial charge in [0.2, 0.25) is 5.91 Å². The number of amides is 1. The molecule has 6 nitrogen and oxygen atoms in total. The first kappa shape index (κ1) is 20.5. The van der Waals surface area contributed by atoms with Crippen molar-refractivity contribution >= 4 is 17.8 Å². The molecule has 0 aliphatic rings. The Balaban J connectivity index is 2.85. The van der Waals surface area contributed by atoms with E-state index in [1.807, 2.05) is 0 Å². The van der Waals surface area contributed by atoms with Gasteiger partial charge >= 0.3 is 11.9 Å². The van der Waals surface area contributed by atoms with Gasteiger partial charge in [-0.2, -0.15) is 0 Å². The second-order valence-corrected chi connectivity index (χ2v) is 6.91. The van der Waals surface area contributed by atoms with Crippen LogP contribution in [0.5, 0.6) is 0 Å². The standard InChI is InChI=1S/C17H21F2NO5/c1-17(2,3)12(15(22)23)8-13(16(24)25)20-14(21)6-9-4-10(18)7-11(19)5-9/h4-5,7,12-13H,6,8H2,1-3H3,(H,20,21)(H,22,23)(H,24,25)/t12?,13-/m1/s1. The smallest absolute Gasteiger partial charge is 0.326 e. The van der Waals surface area contributed by atoms with Crippen LogP contribution in [0.2, 0.25) is 0 Å². The number of carbonyl (C=O) groups excluding carboxylic acids is 1. The predicted octanol–water partition coefficient (Wildman–Crippen LogP) is 2.21. The molecule has 0 radical (unpaired) electrons. The summed E-state index contributed by atoms with van der Waals surface area (Å²) in [6.45, 7) is 4.96. The Kier molecular flexibility index (Phi) is 6.61. The van der Waals surface area contributed by atoms with Gasteiger partial charge in [-0.3, -0.25) is 9.59 Å². The topological polar surface area (TPSA) is 104 Å². The van der Waals surface area contributed by atoms with Crippen molar-refractivity contribution in [1.29, 1.82) is 0 Å². The van der Waals surface area contributed by atoms with Crippen LogP contribution in [0, 0.1) is 23.0 Å². The fraction of sp³-hybridized carbons (Fsp3) is 0.471. The number of hydrogen-bond donors (Lipinski definition) is 3. The van der Waals surface area contributed by atoms with Crippen LogP contribution in [0.3, 0.4) is 0 Å². The molecule has 0 saturated heterocycles. The lowest BCUT2D eigenvalue weighted by Gasteiger charge is -2.29. The molecule has 1 rings (SSSR count). The van der Waals surface area contributed by atoms with Gasteiger partial charge in [0.25, 0.3) is 0 Å². The van der Waals surface area contributed by atoms with Crippen molar-refractivity contribution < 1.29 is 33.4 Å². The van der Waals surface area contributed by atoms with Gasteiger partial charge < -0.3 is 15.5 Å². The molecule has 1 unspecified atom stereocenters. The molecule has 0 bridgehead atoms. The Morgan fingerprint density at radius 2 is 1.56 bits per heavy atom. The Bertz CT molecular complexity index is 649. The molecule has 138 valence electrons. The highest BCUT2D eigenvalue weighted by atomic mass is 19.1. The lowest BCUT2D eigenvalue weighted by atomic mass is 9.77. The molecule has 1 amide bonds. The molecule has 0 heterocycles. The first-order chi connectivity index (χ1) is 11.4. The monoisotopic (exact) mass is 357 g/mol. The third-order valence-electron chi connectivity index (χ3n) is 3.74. The number of nitrogens with one attached hydrogen (secondary N) is 1. The lowest BCUT2D eigenvalue weighted by Crippen LogP contribution is -2.45. The minimum Gasteiger partial charge on any atom is -0.481 e. The zero-order valence-electron chi connectivity index (χ0n) is 14.2. The SMILES string of the molecule is CC(C)(C)C(C[C@@H](NC(=O)Cc1cc(F)cc(F)c1)C(=O)O)C(=O)O. The molecule has 1 aromatic carbocycles. The van der Waals surface area contributed by atoms with E-state index in [4.69, 9.17) is 0 Å². The number of rotatable bonds is 7. The molecule has 0 fully saturated rings. The van der Waals surface area contributed by atoms with Gasteiger partial charge in [-0.15, -0.1) is 0 Å². The van der Waals surface area contributed by atoms with E-state index in [-0.39, 0.29) is 12.0 Å². The zero-order chi connectivity index (χ0) is 19.4. The van der Waals surface area contributed by atoms with Crippen molar-refractivity contribution in [2.24, 2.45) is 11.3 Å². The predicted molar refractivity (Wildman–Crippen MR) is 84.8 cm³/mol. The summed E-state index contributed by atoms with van der Waals surface area (Å²) in [6, 6.07) is 1.16. The van der Waals surface area contributed by atoms with E-state index in [2.05, 4.69) is 5.32 Å². The van der Waals surface area contributed by atoms with Crippen LogP contribution < -0.4 is 5.32 Å². The summed E-state index contributed by atoms with van der Waals surface area (Å²) in [4.78, 5) is 34.7. The van der Waals surface area contributed by atoms with Gasteiger partial charge in [0, 0.05) is 6.07 Å². The maximum atomic E-state index is 13.1. The Labute approximate surface area is 143 Å². The van der Waals surface area contributed by atoms with Gasteiger partial charge in [0.05, 0.1) is 12.3 Å². The summed E-state index contributed by atoms with van der Waals surface area (Å²) in [5, 5.41) is 20.7. The van der Waals surface area contributed by atoms with Crippen molar-refractivity contribution in [3.63, 3.8) is 0 Å². The number of aliphatic carboxylic acids is 2. The maximum absolute atomic E-state index is 13.1.